The third-order valence-electron chi connectivity index (χ3n) is 4.48. The molecule has 0 unspecified atom stereocenters. The Morgan fingerprint density at radius 1 is 1.21 bits per heavy atom. The lowest BCUT2D eigenvalue weighted by atomic mass is 10.1. The van der Waals surface area contributed by atoms with Gasteiger partial charge in [-0.3, -0.25) is 9.71 Å². The van der Waals surface area contributed by atoms with E-state index in [9.17, 15) is 17.6 Å². The molecule has 2 N–H and O–H groups in total. The maximum absolute atomic E-state index is 15.3. The lowest BCUT2D eigenvalue weighted by Gasteiger charge is -2.14. The Morgan fingerprint density at radius 3 is 2.67 bits per heavy atom. The first-order valence-corrected chi connectivity index (χ1v) is 10.7. The Labute approximate surface area is 189 Å². The zero-order valence-electron chi connectivity index (χ0n) is 16.5. The average Bonchev–Trinajstić information content (AvgIpc) is 3.19. The predicted octanol–water partition coefficient (Wildman–Crippen LogP) is 3.23. The third-order valence-corrected chi connectivity index (χ3v) is 6.05. The van der Waals surface area contributed by atoms with Gasteiger partial charge < -0.3 is 14.2 Å². The first-order chi connectivity index (χ1) is 15.6. The summed E-state index contributed by atoms with van der Waals surface area (Å²) in [5.74, 6) is -3.86. The van der Waals surface area contributed by atoms with Crippen LogP contribution in [0, 0.1) is 11.6 Å². The maximum atomic E-state index is 15.3. The number of benzene rings is 1. The number of hydrogen-bond donors (Lipinski definition) is 2. The Bertz CT molecular complexity index is 1530. The van der Waals surface area contributed by atoms with Crippen LogP contribution in [0.5, 0.6) is 5.88 Å². The number of anilines is 1. The largest absolute Gasteiger partial charge is 0.480 e. The molecule has 0 saturated heterocycles. The van der Waals surface area contributed by atoms with Crippen molar-refractivity contribution < 1.29 is 31.8 Å². The molecule has 0 aliphatic heterocycles. The number of sulfonamides is 1. The van der Waals surface area contributed by atoms with Crippen molar-refractivity contribution in [2.24, 2.45) is 0 Å². The number of nitrogens with zero attached hydrogens (tertiary/aromatic N) is 4. The lowest BCUT2D eigenvalue weighted by molar-refractivity contribution is 0.0693. The number of hydrogen-bond acceptors (Lipinski definition) is 7. The SMILES string of the molecule is COc1ncc(Cl)cc1S(=O)(=O)Nc1ccc(F)c(-c2cn3cnc(C(=O)O)c3cn2)c1F. The van der Waals surface area contributed by atoms with Crippen molar-refractivity contribution in [3.8, 4) is 17.1 Å². The van der Waals surface area contributed by atoms with Gasteiger partial charge in [0.05, 0.1) is 40.8 Å². The Morgan fingerprint density at radius 2 is 1.97 bits per heavy atom. The van der Waals surface area contributed by atoms with Crippen molar-refractivity contribution in [3.63, 3.8) is 0 Å². The fraction of sp³-hybridized carbons (Fsp3) is 0.0526. The molecule has 3 heterocycles. The molecule has 1 aromatic carbocycles. The minimum absolute atomic E-state index is 0.00462. The number of halogens is 3. The Hall–Kier alpha value is -3.84. The molecule has 14 heteroatoms. The monoisotopic (exact) mass is 495 g/mol. The number of ether oxygens (including phenoxy) is 1. The summed E-state index contributed by atoms with van der Waals surface area (Å²) in [6.45, 7) is 0. The molecule has 3 aromatic heterocycles. The second-order valence-corrected chi connectivity index (χ2v) is 8.60. The molecule has 33 heavy (non-hydrogen) atoms. The molecule has 0 radical (unpaired) electrons. The predicted molar refractivity (Wildman–Crippen MR) is 112 cm³/mol. The van der Waals surface area contributed by atoms with Gasteiger partial charge >= 0.3 is 5.97 Å². The molecule has 4 rings (SSSR count). The van der Waals surface area contributed by atoms with Crippen LogP contribution in [0.3, 0.4) is 0 Å². The molecule has 4 aromatic rings. The minimum atomic E-state index is -4.44. The fourth-order valence-electron chi connectivity index (χ4n) is 3.01. The molecule has 0 bridgehead atoms. The smallest absolute Gasteiger partial charge is 0.356 e. The summed E-state index contributed by atoms with van der Waals surface area (Å²) >= 11 is 5.82. The summed E-state index contributed by atoms with van der Waals surface area (Å²) in [6, 6.07) is 2.81. The van der Waals surface area contributed by atoms with Crippen molar-refractivity contribution in [2.75, 3.05) is 11.8 Å². The fourth-order valence-corrected chi connectivity index (χ4v) is 4.44. The van der Waals surface area contributed by atoms with Gasteiger partial charge in [0.25, 0.3) is 10.0 Å². The summed E-state index contributed by atoms with van der Waals surface area (Å²) in [4.78, 5) is 22.1. The van der Waals surface area contributed by atoms with Gasteiger partial charge in [0.15, 0.2) is 16.4 Å². The summed E-state index contributed by atoms with van der Waals surface area (Å²) in [6.07, 6.45) is 4.57. The highest BCUT2D eigenvalue weighted by molar-refractivity contribution is 7.92. The quantitative estimate of drug-likeness (QED) is 0.416. The normalized spacial score (nSPS) is 11.5. The molecule has 0 amide bonds. The number of methoxy groups -OCH3 is 1. The molecular weight excluding hydrogens is 484 g/mol. The van der Waals surface area contributed by atoms with Crippen LogP contribution in [0.2, 0.25) is 5.02 Å². The van der Waals surface area contributed by atoms with Gasteiger partial charge in [0, 0.05) is 12.4 Å². The number of fused-ring (bicyclic) bond motifs is 1. The lowest BCUT2D eigenvalue weighted by Crippen LogP contribution is -2.16. The van der Waals surface area contributed by atoms with Crippen molar-refractivity contribution in [3.05, 3.63) is 65.5 Å². The topological polar surface area (TPSA) is 136 Å². The number of carboxylic acids is 1. The molecule has 0 saturated carbocycles. The van der Waals surface area contributed by atoms with E-state index in [4.69, 9.17) is 21.4 Å². The van der Waals surface area contributed by atoms with E-state index >= 15 is 4.39 Å². The zero-order chi connectivity index (χ0) is 23.9. The van der Waals surface area contributed by atoms with Crippen molar-refractivity contribution in [1.82, 2.24) is 19.4 Å². The number of rotatable bonds is 6. The zero-order valence-corrected chi connectivity index (χ0v) is 18.0. The van der Waals surface area contributed by atoms with Gasteiger partial charge in [-0.1, -0.05) is 11.6 Å². The number of aromatic nitrogens is 4. The average molecular weight is 496 g/mol. The highest BCUT2D eigenvalue weighted by atomic mass is 35.5. The molecular formula is C19H12ClF2N5O5S. The summed E-state index contributed by atoms with van der Waals surface area (Å²) in [5, 5.41) is 9.12. The van der Waals surface area contributed by atoms with E-state index in [2.05, 4.69) is 15.0 Å². The summed E-state index contributed by atoms with van der Waals surface area (Å²) < 4.78 is 63.6. The van der Waals surface area contributed by atoms with Crippen molar-refractivity contribution in [1.29, 1.82) is 0 Å². The number of pyridine rings is 1. The second kappa shape index (κ2) is 8.26. The second-order valence-electron chi connectivity index (χ2n) is 6.51. The molecule has 170 valence electrons. The third kappa shape index (κ3) is 4.03. The Balaban J connectivity index is 1.79. The molecule has 0 fully saturated rings. The van der Waals surface area contributed by atoms with E-state index in [0.29, 0.717) is 0 Å². The van der Waals surface area contributed by atoms with Gasteiger partial charge in [-0.2, -0.15) is 0 Å². The van der Waals surface area contributed by atoms with Crippen LogP contribution >= 0.6 is 11.6 Å². The van der Waals surface area contributed by atoms with Crippen LogP contribution in [0.15, 0.2) is 48.0 Å². The van der Waals surface area contributed by atoms with Gasteiger partial charge in [0.1, 0.15) is 12.1 Å². The van der Waals surface area contributed by atoms with E-state index in [1.54, 1.807) is 0 Å². The number of carboxylic acid groups (broad SMARTS) is 1. The van der Waals surface area contributed by atoms with Gasteiger partial charge in [0.2, 0.25) is 5.88 Å². The summed E-state index contributed by atoms with van der Waals surface area (Å²) in [7, 11) is -3.25. The van der Waals surface area contributed by atoms with Crippen LogP contribution in [0.4, 0.5) is 14.5 Å². The number of imidazole rings is 1. The number of nitrogens with one attached hydrogen (secondary N) is 1. The highest BCUT2D eigenvalue weighted by Gasteiger charge is 2.25. The van der Waals surface area contributed by atoms with Gasteiger partial charge in [-0.05, 0) is 18.2 Å². The molecule has 0 aliphatic carbocycles. The standard InChI is InChI=1S/C19H12ClF2N5O5S/c1-32-18-14(4-9(20)5-24-18)33(30,31)26-11-3-2-10(21)15(16(11)22)12-7-27-8-25-17(19(28)29)13(27)6-23-12/h2-8,26H,1H3,(H,28,29). The summed E-state index contributed by atoms with van der Waals surface area (Å²) in [5.41, 5.74) is -1.63. The van der Waals surface area contributed by atoms with Crippen LogP contribution in [0.1, 0.15) is 10.5 Å². The van der Waals surface area contributed by atoms with Crippen LogP contribution < -0.4 is 9.46 Å². The van der Waals surface area contributed by atoms with Crippen LogP contribution in [-0.4, -0.2) is 46.0 Å². The minimum Gasteiger partial charge on any atom is -0.480 e. The number of aromatic carboxylic acids is 1. The van der Waals surface area contributed by atoms with E-state index in [1.165, 1.54) is 23.9 Å². The molecule has 10 nitrogen and oxygen atoms in total. The van der Waals surface area contributed by atoms with E-state index < -0.39 is 43.8 Å². The first kappa shape index (κ1) is 22.4. The molecule has 0 spiro atoms. The highest BCUT2D eigenvalue weighted by Crippen LogP contribution is 2.32. The first-order valence-electron chi connectivity index (χ1n) is 8.89. The number of carbonyl (C=O) groups is 1. The molecule has 0 aliphatic rings. The van der Waals surface area contributed by atoms with Gasteiger partial charge in [-0.25, -0.2) is 32.0 Å². The Kier molecular flexibility index (Phi) is 5.59. The van der Waals surface area contributed by atoms with Crippen LogP contribution in [0.25, 0.3) is 16.8 Å². The van der Waals surface area contributed by atoms with E-state index in [0.717, 1.165) is 30.7 Å². The van der Waals surface area contributed by atoms with Crippen LogP contribution in [-0.2, 0) is 10.0 Å². The molecule has 0 atom stereocenters. The maximum Gasteiger partial charge on any atom is 0.356 e. The van der Waals surface area contributed by atoms with Crippen molar-refractivity contribution in [2.45, 2.75) is 4.90 Å². The van der Waals surface area contributed by atoms with Crippen molar-refractivity contribution >= 4 is 38.8 Å². The van der Waals surface area contributed by atoms with E-state index in [1.807, 2.05) is 4.72 Å². The van der Waals surface area contributed by atoms with Gasteiger partial charge in [-0.15, -0.1) is 0 Å². The van der Waals surface area contributed by atoms with E-state index in [-0.39, 0.29) is 27.8 Å².